The molecular formula is C6H3F6NO2. The molecule has 15 heavy (non-hydrogen) atoms. The van der Waals surface area contributed by atoms with Gasteiger partial charge in [-0.15, -0.1) is 0 Å². The Kier molecular flexibility index (Phi) is 3.95. The first-order valence-corrected chi connectivity index (χ1v) is 3.30. The zero-order chi connectivity index (χ0) is 12.3. The van der Waals surface area contributed by atoms with Gasteiger partial charge in [-0.05, 0) is 0 Å². The number of alkyl halides is 6. The molecule has 0 N–H and O–H groups in total. The fourth-order valence-corrected chi connectivity index (χ4v) is 0.503. The van der Waals surface area contributed by atoms with E-state index in [4.69, 9.17) is 5.26 Å². The van der Waals surface area contributed by atoms with E-state index in [1.807, 2.05) is 0 Å². The van der Waals surface area contributed by atoms with Gasteiger partial charge in [0.2, 0.25) is 6.10 Å². The van der Waals surface area contributed by atoms with Gasteiger partial charge in [-0.25, -0.2) is 4.79 Å². The zero-order valence-electron chi connectivity index (χ0n) is 6.82. The lowest BCUT2D eigenvalue weighted by molar-refractivity contribution is -0.244. The summed E-state index contributed by atoms with van der Waals surface area (Å²) in [6.45, 7) is 0. The van der Waals surface area contributed by atoms with Crippen molar-refractivity contribution in [3.8, 4) is 6.07 Å². The Morgan fingerprint density at radius 3 is 2.00 bits per heavy atom. The van der Waals surface area contributed by atoms with Crippen LogP contribution < -0.4 is 0 Å². The average molecular weight is 235 g/mol. The van der Waals surface area contributed by atoms with Crippen molar-refractivity contribution >= 4 is 5.97 Å². The number of ether oxygens (including phenoxy) is 1. The molecule has 0 aliphatic heterocycles. The minimum absolute atomic E-state index is 0.967. The Morgan fingerprint density at radius 2 is 1.73 bits per heavy atom. The summed E-state index contributed by atoms with van der Waals surface area (Å²) in [6.07, 6.45) is -15.2. The van der Waals surface area contributed by atoms with Crippen LogP contribution in [0.5, 0.6) is 0 Å². The molecule has 0 saturated carbocycles. The molecule has 86 valence electrons. The van der Waals surface area contributed by atoms with E-state index in [1.54, 1.807) is 0 Å². The molecule has 0 bridgehead atoms. The SMILES string of the molecule is N#CC[C@H](OC(=O)C(F)(F)F)C(F)(F)F. The van der Waals surface area contributed by atoms with Gasteiger partial charge in [-0.1, -0.05) is 0 Å². The number of halogens is 6. The van der Waals surface area contributed by atoms with E-state index in [2.05, 4.69) is 4.74 Å². The van der Waals surface area contributed by atoms with Crippen LogP contribution in [0, 0.1) is 11.3 Å². The molecule has 0 aromatic heterocycles. The number of nitriles is 1. The molecule has 0 amide bonds. The third-order valence-electron chi connectivity index (χ3n) is 1.12. The van der Waals surface area contributed by atoms with Crippen LogP contribution in [-0.2, 0) is 9.53 Å². The molecule has 0 radical (unpaired) electrons. The number of hydrogen-bond donors (Lipinski definition) is 0. The van der Waals surface area contributed by atoms with Crippen molar-refractivity contribution in [1.82, 2.24) is 0 Å². The topological polar surface area (TPSA) is 50.1 Å². The molecule has 0 fully saturated rings. The van der Waals surface area contributed by atoms with Gasteiger partial charge in [0.1, 0.15) is 0 Å². The second-order valence-corrected chi connectivity index (χ2v) is 2.30. The molecule has 0 unspecified atom stereocenters. The third-order valence-corrected chi connectivity index (χ3v) is 1.12. The molecule has 0 aromatic rings. The van der Waals surface area contributed by atoms with E-state index in [-0.39, 0.29) is 0 Å². The minimum atomic E-state index is -5.51. The fraction of sp³-hybridized carbons (Fsp3) is 0.667. The van der Waals surface area contributed by atoms with E-state index in [0.717, 1.165) is 6.07 Å². The molecule has 0 aromatic carbocycles. The molecule has 0 rings (SSSR count). The molecule has 0 saturated heterocycles. The van der Waals surface area contributed by atoms with Crippen molar-refractivity contribution in [2.75, 3.05) is 0 Å². The lowest BCUT2D eigenvalue weighted by Crippen LogP contribution is -2.38. The number of hydrogen-bond acceptors (Lipinski definition) is 3. The van der Waals surface area contributed by atoms with Gasteiger partial charge in [-0.2, -0.15) is 31.6 Å². The molecule has 9 heteroatoms. The standard InChI is InChI=1S/C6H3F6NO2/c7-5(8,9)3(1-2-13)15-4(14)6(10,11)12/h3H,1H2/t3-/m0/s1. The predicted molar refractivity (Wildman–Crippen MR) is 32.2 cm³/mol. The van der Waals surface area contributed by atoms with Crippen molar-refractivity contribution in [1.29, 1.82) is 5.26 Å². The summed E-state index contributed by atoms with van der Waals surface area (Å²) in [5.74, 6) is -2.97. The summed E-state index contributed by atoms with van der Waals surface area (Å²) in [5.41, 5.74) is 0. The van der Waals surface area contributed by atoms with E-state index in [1.165, 1.54) is 0 Å². The summed E-state index contributed by atoms with van der Waals surface area (Å²) < 4.78 is 73.2. The largest absolute Gasteiger partial charge is 0.490 e. The van der Waals surface area contributed by atoms with Crippen LogP contribution in [0.4, 0.5) is 26.3 Å². The number of rotatable bonds is 2. The van der Waals surface area contributed by atoms with E-state index in [0.29, 0.717) is 0 Å². The van der Waals surface area contributed by atoms with Gasteiger partial charge in [0.05, 0.1) is 12.5 Å². The van der Waals surface area contributed by atoms with Gasteiger partial charge in [0.25, 0.3) is 0 Å². The highest BCUT2D eigenvalue weighted by Crippen LogP contribution is 2.27. The highest BCUT2D eigenvalue weighted by atomic mass is 19.4. The Balaban J connectivity index is 4.59. The van der Waals surface area contributed by atoms with Gasteiger partial charge in [0.15, 0.2) is 0 Å². The average Bonchev–Trinajstić information content (AvgIpc) is 1.99. The first-order valence-electron chi connectivity index (χ1n) is 3.30. The minimum Gasteiger partial charge on any atom is -0.445 e. The maximum absolute atomic E-state index is 11.9. The van der Waals surface area contributed by atoms with E-state index >= 15 is 0 Å². The maximum Gasteiger partial charge on any atom is 0.490 e. The molecule has 0 aliphatic carbocycles. The molecule has 1 atom stereocenters. The summed E-state index contributed by atoms with van der Waals surface area (Å²) >= 11 is 0. The summed E-state index contributed by atoms with van der Waals surface area (Å²) in [5, 5.41) is 7.89. The fourth-order valence-electron chi connectivity index (χ4n) is 0.503. The Hall–Kier alpha value is -1.46. The molecule has 0 heterocycles. The second kappa shape index (κ2) is 4.37. The maximum atomic E-state index is 11.9. The second-order valence-electron chi connectivity index (χ2n) is 2.30. The van der Waals surface area contributed by atoms with Gasteiger partial charge < -0.3 is 4.74 Å². The van der Waals surface area contributed by atoms with Crippen LogP contribution in [0.3, 0.4) is 0 Å². The first kappa shape index (κ1) is 13.5. The van der Waals surface area contributed by atoms with Gasteiger partial charge in [0, 0.05) is 0 Å². The van der Waals surface area contributed by atoms with E-state index < -0.39 is 30.8 Å². The molecular weight excluding hydrogens is 232 g/mol. The van der Waals surface area contributed by atoms with Gasteiger partial charge >= 0.3 is 18.3 Å². The van der Waals surface area contributed by atoms with Crippen molar-refractivity contribution in [2.45, 2.75) is 24.9 Å². The normalized spacial score (nSPS) is 14.2. The first-order chi connectivity index (χ1) is 6.59. The summed E-state index contributed by atoms with van der Waals surface area (Å²) in [7, 11) is 0. The molecule has 3 nitrogen and oxygen atoms in total. The van der Waals surface area contributed by atoms with Crippen molar-refractivity contribution in [2.24, 2.45) is 0 Å². The number of carbonyl (C=O) groups is 1. The Bertz CT molecular complexity index is 275. The summed E-state index contributed by atoms with van der Waals surface area (Å²) in [6, 6.07) is 0.967. The Morgan fingerprint density at radius 1 is 1.27 bits per heavy atom. The lowest BCUT2D eigenvalue weighted by atomic mass is 10.2. The van der Waals surface area contributed by atoms with Crippen LogP contribution in [0.25, 0.3) is 0 Å². The van der Waals surface area contributed by atoms with Crippen molar-refractivity contribution in [3.05, 3.63) is 0 Å². The number of esters is 1. The Labute approximate surface area is 79.2 Å². The summed E-state index contributed by atoms with van der Waals surface area (Å²) in [4.78, 5) is 10.0. The number of carbonyl (C=O) groups excluding carboxylic acids is 1. The lowest BCUT2D eigenvalue weighted by Gasteiger charge is -2.18. The highest BCUT2D eigenvalue weighted by molar-refractivity contribution is 5.75. The monoisotopic (exact) mass is 235 g/mol. The highest BCUT2D eigenvalue weighted by Gasteiger charge is 2.49. The van der Waals surface area contributed by atoms with Crippen LogP contribution in [0.15, 0.2) is 0 Å². The van der Waals surface area contributed by atoms with Crippen LogP contribution in [-0.4, -0.2) is 24.4 Å². The smallest absolute Gasteiger partial charge is 0.445 e. The zero-order valence-corrected chi connectivity index (χ0v) is 6.82. The quantitative estimate of drug-likeness (QED) is 0.542. The van der Waals surface area contributed by atoms with E-state index in [9.17, 15) is 31.1 Å². The number of nitrogens with zero attached hydrogens (tertiary/aromatic N) is 1. The van der Waals surface area contributed by atoms with Crippen LogP contribution >= 0.6 is 0 Å². The predicted octanol–water partition coefficient (Wildman–Crippen LogP) is 1.94. The van der Waals surface area contributed by atoms with Crippen molar-refractivity contribution in [3.63, 3.8) is 0 Å². The van der Waals surface area contributed by atoms with Crippen LogP contribution in [0.1, 0.15) is 6.42 Å². The van der Waals surface area contributed by atoms with Gasteiger partial charge in [-0.3, -0.25) is 0 Å². The molecule has 0 aliphatic rings. The van der Waals surface area contributed by atoms with Crippen molar-refractivity contribution < 1.29 is 35.9 Å². The third kappa shape index (κ3) is 4.53. The molecule has 0 spiro atoms. The van der Waals surface area contributed by atoms with Crippen LogP contribution in [0.2, 0.25) is 0 Å².